The summed E-state index contributed by atoms with van der Waals surface area (Å²) in [5.74, 6) is -2.71. The van der Waals surface area contributed by atoms with Crippen LogP contribution in [0.4, 0.5) is 23.7 Å². The van der Waals surface area contributed by atoms with Crippen LogP contribution < -0.4 is 4.90 Å². The van der Waals surface area contributed by atoms with Crippen molar-refractivity contribution in [2.24, 2.45) is 0 Å². The number of nitrogens with zero attached hydrogens (tertiary/aromatic N) is 5. The zero-order chi connectivity index (χ0) is 21.4. The molecule has 0 saturated carbocycles. The number of rotatable bonds is 1. The van der Waals surface area contributed by atoms with Gasteiger partial charge in [0.25, 0.3) is 5.91 Å². The van der Waals surface area contributed by atoms with Gasteiger partial charge in [0.1, 0.15) is 17.8 Å². The number of nitriles is 1. The van der Waals surface area contributed by atoms with E-state index in [2.05, 4.69) is 4.98 Å². The number of pyridine rings is 1. The average Bonchev–Trinajstić information content (AvgIpc) is 3.37. The van der Waals surface area contributed by atoms with E-state index in [0.29, 0.717) is 15.7 Å². The van der Waals surface area contributed by atoms with Crippen molar-refractivity contribution >= 4 is 34.3 Å². The first-order valence-corrected chi connectivity index (χ1v) is 9.06. The van der Waals surface area contributed by atoms with Crippen LogP contribution >= 0.6 is 0 Å². The molecule has 4 amide bonds. The predicted molar refractivity (Wildman–Crippen MR) is 94.9 cm³/mol. The fourth-order valence-corrected chi connectivity index (χ4v) is 4.72. The summed E-state index contributed by atoms with van der Waals surface area (Å²) in [4.78, 5) is 44.8. The number of urea groups is 1. The van der Waals surface area contributed by atoms with Crippen LogP contribution in [-0.2, 0) is 9.59 Å². The van der Waals surface area contributed by atoms with Crippen LogP contribution in [0.15, 0.2) is 30.5 Å². The number of carbonyl (C=O) groups excluding carboxylic acids is 3. The minimum Gasteiger partial charge on any atom is -0.327 e. The second kappa shape index (κ2) is 5.91. The van der Waals surface area contributed by atoms with Gasteiger partial charge in [0.05, 0.1) is 24.0 Å². The lowest BCUT2D eigenvalue weighted by Gasteiger charge is -2.35. The molecule has 3 saturated heterocycles. The Morgan fingerprint density at radius 3 is 2.57 bits per heavy atom. The van der Waals surface area contributed by atoms with E-state index < -0.39 is 42.1 Å². The van der Waals surface area contributed by atoms with E-state index in [1.807, 2.05) is 6.07 Å². The van der Waals surface area contributed by atoms with E-state index in [0.717, 1.165) is 4.90 Å². The van der Waals surface area contributed by atoms with Crippen molar-refractivity contribution in [2.45, 2.75) is 30.7 Å². The van der Waals surface area contributed by atoms with Gasteiger partial charge in [-0.05, 0) is 6.42 Å². The van der Waals surface area contributed by atoms with E-state index >= 15 is 0 Å². The zero-order valence-electron chi connectivity index (χ0n) is 15.1. The van der Waals surface area contributed by atoms with E-state index in [-0.39, 0.29) is 24.3 Å². The number of anilines is 1. The quantitative estimate of drug-likeness (QED) is 0.662. The average molecular weight is 415 g/mol. The van der Waals surface area contributed by atoms with Crippen molar-refractivity contribution < 1.29 is 27.6 Å². The molecule has 0 N–H and O–H groups in total. The summed E-state index contributed by atoms with van der Waals surface area (Å²) in [6, 6.07) is 5.05. The van der Waals surface area contributed by atoms with Gasteiger partial charge in [-0.25, -0.2) is 14.7 Å². The number of fused-ring (bicyclic) bond motifs is 6. The summed E-state index contributed by atoms with van der Waals surface area (Å²) < 4.78 is 38.8. The number of hydrogen-bond donors (Lipinski definition) is 0. The molecule has 3 aliphatic rings. The number of carbonyl (C=O) groups is 3. The van der Waals surface area contributed by atoms with Gasteiger partial charge in [-0.1, -0.05) is 24.3 Å². The molecule has 4 heterocycles. The topological polar surface area (TPSA) is 97.6 Å². The Balaban J connectivity index is 1.56. The van der Waals surface area contributed by atoms with E-state index in [1.165, 1.54) is 11.1 Å². The van der Waals surface area contributed by atoms with E-state index in [1.54, 1.807) is 24.3 Å². The van der Waals surface area contributed by atoms with Crippen LogP contribution in [-0.4, -0.2) is 63.5 Å². The van der Waals surface area contributed by atoms with Crippen molar-refractivity contribution in [2.75, 3.05) is 11.4 Å². The Morgan fingerprint density at radius 2 is 1.90 bits per heavy atom. The minimum atomic E-state index is -5.05. The highest BCUT2D eigenvalue weighted by atomic mass is 19.4. The predicted octanol–water partition coefficient (Wildman–Crippen LogP) is 1.79. The molecule has 3 aliphatic heterocycles. The van der Waals surface area contributed by atoms with Crippen molar-refractivity contribution in [1.82, 2.24) is 14.8 Å². The van der Waals surface area contributed by atoms with E-state index in [4.69, 9.17) is 0 Å². The molecule has 152 valence electrons. The first kappa shape index (κ1) is 18.4. The summed E-state index contributed by atoms with van der Waals surface area (Å²) in [6.07, 6.45) is -3.68. The van der Waals surface area contributed by atoms with Gasteiger partial charge in [-0.3, -0.25) is 9.59 Å². The first-order chi connectivity index (χ1) is 14.2. The number of aromatic nitrogens is 1. The third-order valence-electron chi connectivity index (χ3n) is 5.89. The molecule has 8 nitrogen and oxygen atoms in total. The monoisotopic (exact) mass is 415 g/mol. The third-order valence-corrected chi connectivity index (χ3v) is 5.89. The Hall–Kier alpha value is -3.68. The smallest absolute Gasteiger partial charge is 0.327 e. The van der Waals surface area contributed by atoms with Crippen molar-refractivity contribution in [3.8, 4) is 6.07 Å². The minimum absolute atomic E-state index is 0.121. The maximum Gasteiger partial charge on any atom is 0.471 e. The Kier molecular flexibility index (Phi) is 3.62. The SMILES string of the molecule is N#Cc1ncc(N2C(=O)[C@H]3C4C[C@H](CN4C(=O)C(F)(F)F)N3C2=O)c2ccccc12. The van der Waals surface area contributed by atoms with Gasteiger partial charge < -0.3 is 9.80 Å². The number of piperazine rings is 1. The number of alkyl halides is 3. The molecular formula is C19H12F3N5O3. The number of imide groups is 1. The van der Waals surface area contributed by atoms with Gasteiger partial charge >= 0.3 is 18.1 Å². The maximum absolute atomic E-state index is 13.2. The molecule has 3 atom stereocenters. The largest absolute Gasteiger partial charge is 0.471 e. The van der Waals surface area contributed by atoms with Gasteiger partial charge in [-0.15, -0.1) is 0 Å². The summed E-state index contributed by atoms with van der Waals surface area (Å²) >= 11 is 0. The number of likely N-dealkylation sites (tertiary alicyclic amines) is 1. The summed E-state index contributed by atoms with van der Waals surface area (Å²) in [6.45, 7) is -0.265. The number of amides is 4. The summed E-state index contributed by atoms with van der Waals surface area (Å²) in [5.41, 5.74) is 0.276. The summed E-state index contributed by atoms with van der Waals surface area (Å²) in [7, 11) is 0. The fourth-order valence-electron chi connectivity index (χ4n) is 4.72. The maximum atomic E-state index is 13.2. The number of benzene rings is 1. The molecule has 0 spiro atoms. The lowest BCUT2D eigenvalue weighted by molar-refractivity contribution is -0.188. The molecule has 2 aromatic rings. The van der Waals surface area contributed by atoms with Crippen molar-refractivity contribution in [3.63, 3.8) is 0 Å². The fraction of sp³-hybridized carbons (Fsp3) is 0.316. The van der Waals surface area contributed by atoms with Gasteiger partial charge in [0, 0.05) is 17.3 Å². The Bertz CT molecular complexity index is 1170. The second-order valence-electron chi connectivity index (χ2n) is 7.37. The molecule has 0 radical (unpaired) electrons. The first-order valence-electron chi connectivity index (χ1n) is 9.06. The van der Waals surface area contributed by atoms with Crippen LogP contribution in [0.1, 0.15) is 12.1 Å². The summed E-state index contributed by atoms with van der Waals surface area (Å²) in [5, 5.41) is 10.1. The second-order valence-corrected chi connectivity index (χ2v) is 7.37. The van der Waals surface area contributed by atoms with Crippen LogP contribution in [0.2, 0.25) is 0 Å². The highest BCUT2D eigenvalue weighted by molar-refractivity contribution is 6.25. The van der Waals surface area contributed by atoms with Crippen LogP contribution in [0.3, 0.4) is 0 Å². The molecule has 1 unspecified atom stereocenters. The molecule has 5 rings (SSSR count). The van der Waals surface area contributed by atoms with Crippen LogP contribution in [0, 0.1) is 11.3 Å². The highest BCUT2D eigenvalue weighted by Crippen LogP contribution is 2.44. The zero-order valence-corrected chi connectivity index (χ0v) is 15.1. The van der Waals surface area contributed by atoms with Gasteiger partial charge in [0.2, 0.25) is 0 Å². The lowest BCUT2D eigenvalue weighted by atomic mass is 10.1. The molecule has 30 heavy (non-hydrogen) atoms. The molecule has 3 fully saturated rings. The van der Waals surface area contributed by atoms with Gasteiger partial charge in [0.15, 0.2) is 0 Å². The lowest BCUT2D eigenvalue weighted by Crippen LogP contribution is -2.57. The molecular weight excluding hydrogens is 403 g/mol. The molecule has 1 aromatic heterocycles. The highest BCUT2D eigenvalue weighted by Gasteiger charge is 2.64. The van der Waals surface area contributed by atoms with Crippen LogP contribution in [0.25, 0.3) is 10.8 Å². The number of halogens is 3. The molecule has 0 aliphatic carbocycles. The van der Waals surface area contributed by atoms with Crippen LogP contribution in [0.5, 0.6) is 0 Å². The third kappa shape index (κ3) is 2.27. The van der Waals surface area contributed by atoms with Crippen molar-refractivity contribution in [3.05, 3.63) is 36.2 Å². The van der Waals surface area contributed by atoms with E-state index in [9.17, 15) is 32.8 Å². The standard InChI is InChI=1S/C19H12F3N5O3/c20-19(21,22)17(29)25-8-9-5-13(25)15-16(28)27(18(30)26(9)15)14-7-24-12(6-23)10-3-1-2-4-11(10)14/h1-4,7,9,13,15H,5,8H2/t9-,13?,15-/m1/s1. The molecule has 11 heteroatoms. The molecule has 1 aromatic carbocycles. The normalized spacial score (nSPS) is 25.3. The Morgan fingerprint density at radius 1 is 1.20 bits per heavy atom. The Labute approximate surface area is 167 Å². The molecule has 2 bridgehead atoms. The number of hydrogen-bond acceptors (Lipinski definition) is 5. The van der Waals surface area contributed by atoms with Crippen molar-refractivity contribution in [1.29, 1.82) is 5.26 Å². The van der Waals surface area contributed by atoms with Gasteiger partial charge in [-0.2, -0.15) is 18.4 Å².